The summed E-state index contributed by atoms with van der Waals surface area (Å²) in [6, 6.07) is 11.4. The van der Waals surface area contributed by atoms with Gasteiger partial charge < -0.3 is 14.5 Å². The molecule has 4 rings (SSSR count). The second kappa shape index (κ2) is 8.66. The SMILES string of the molecule is COc1cc(OCc2cccc(C(F)(F)F)n2)ccc1-c1cnc(-c2ccc(F)nc2)[nH]1. The van der Waals surface area contributed by atoms with Crippen molar-refractivity contribution >= 4 is 0 Å². The molecule has 0 aliphatic carbocycles. The summed E-state index contributed by atoms with van der Waals surface area (Å²) in [5.74, 6) is 0.780. The van der Waals surface area contributed by atoms with E-state index in [4.69, 9.17) is 9.47 Å². The summed E-state index contributed by atoms with van der Waals surface area (Å²) >= 11 is 0. The topological polar surface area (TPSA) is 72.9 Å². The number of nitrogens with one attached hydrogen (secondary N) is 1. The van der Waals surface area contributed by atoms with E-state index in [9.17, 15) is 17.6 Å². The third-order valence-corrected chi connectivity index (χ3v) is 4.52. The van der Waals surface area contributed by atoms with Crippen LogP contribution in [-0.4, -0.2) is 27.0 Å². The first-order valence-electron chi connectivity index (χ1n) is 9.35. The van der Waals surface area contributed by atoms with Gasteiger partial charge in [0.2, 0.25) is 5.95 Å². The van der Waals surface area contributed by atoms with E-state index in [1.807, 2.05) is 0 Å². The van der Waals surface area contributed by atoms with E-state index in [1.165, 1.54) is 31.5 Å². The number of hydrogen-bond donors (Lipinski definition) is 1. The molecule has 164 valence electrons. The summed E-state index contributed by atoms with van der Waals surface area (Å²) in [4.78, 5) is 14.6. The maximum absolute atomic E-state index is 13.0. The van der Waals surface area contributed by atoms with E-state index in [2.05, 4.69) is 19.9 Å². The summed E-state index contributed by atoms with van der Waals surface area (Å²) < 4.78 is 62.5. The zero-order chi connectivity index (χ0) is 22.7. The summed E-state index contributed by atoms with van der Waals surface area (Å²) in [5, 5.41) is 0. The lowest BCUT2D eigenvalue weighted by Gasteiger charge is -2.12. The summed E-state index contributed by atoms with van der Waals surface area (Å²) in [7, 11) is 1.48. The third-order valence-electron chi connectivity index (χ3n) is 4.52. The Bertz CT molecular complexity index is 1220. The number of imidazole rings is 1. The number of nitrogens with zero attached hydrogens (tertiary/aromatic N) is 3. The second-order valence-corrected chi connectivity index (χ2v) is 6.68. The minimum Gasteiger partial charge on any atom is -0.496 e. The van der Waals surface area contributed by atoms with Crippen LogP contribution in [0.2, 0.25) is 0 Å². The second-order valence-electron chi connectivity index (χ2n) is 6.68. The first kappa shape index (κ1) is 21.3. The van der Waals surface area contributed by atoms with E-state index in [-0.39, 0.29) is 12.3 Å². The van der Waals surface area contributed by atoms with Crippen LogP contribution in [0.3, 0.4) is 0 Å². The third kappa shape index (κ3) is 4.69. The van der Waals surface area contributed by atoms with Crippen LogP contribution in [0.4, 0.5) is 17.6 Å². The summed E-state index contributed by atoms with van der Waals surface area (Å²) in [6.45, 7) is -0.141. The van der Waals surface area contributed by atoms with Crippen molar-refractivity contribution < 1.29 is 27.0 Å². The summed E-state index contributed by atoms with van der Waals surface area (Å²) in [5.41, 5.74) is 1.12. The van der Waals surface area contributed by atoms with Gasteiger partial charge in [0.15, 0.2) is 0 Å². The Morgan fingerprint density at radius 2 is 1.84 bits per heavy atom. The maximum Gasteiger partial charge on any atom is 0.433 e. The van der Waals surface area contributed by atoms with Crippen LogP contribution in [0.25, 0.3) is 22.6 Å². The normalized spacial score (nSPS) is 11.4. The fraction of sp³-hybridized carbons (Fsp3) is 0.136. The van der Waals surface area contributed by atoms with Crippen molar-refractivity contribution in [2.75, 3.05) is 7.11 Å². The molecule has 0 aliphatic rings. The van der Waals surface area contributed by atoms with Gasteiger partial charge in [0.05, 0.1) is 24.7 Å². The van der Waals surface area contributed by atoms with Crippen molar-refractivity contribution in [3.8, 4) is 34.1 Å². The summed E-state index contributed by atoms with van der Waals surface area (Å²) in [6.07, 6.45) is -1.55. The van der Waals surface area contributed by atoms with Gasteiger partial charge in [-0.05, 0) is 36.4 Å². The minimum atomic E-state index is -4.52. The standard InChI is InChI=1S/C22H16F4N4O2/c1-31-18-9-15(32-12-14-3-2-4-19(29-14)22(24,25)26)6-7-16(18)17-11-28-21(30-17)13-5-8-20(23)27-10-13/h2-11H,12H2,1H3,(H,28,30). The molecular weight excluding hydrogens is 428 g/mol. The van der Waals surface area contributed by atoms with Gasteiger partial charge >= 0.3 is 6.18 Å². The highest BCUT2D eigenvalue weighted by Gasteiger charge is 2.32. The van der Waals surface area contributed by atoms with Crippen molar-refractivity contribution in [2.45, 2.75) is 12.8 Å². The quantitative estimate of drug-likeness (QED) is 0.324. The number of aromatic nitrogens is 4. The Balaban J connectivity index is 1.52. The van der Waals surface area contributed by atoms with Crippen molar-refractivity contribution in [1.29, 1.82) is 0 Å². The lowest BCUT2D eigenvalue weighted by Crippen LogP contribution is -2.10. The van der Waals surface area contributed by atoms with Gasteiger partial charge in [-0.3, -0.25) is 0 Å². The Morgan fingerprint density at radius 1 is 1.00 bits per heavy atom. The van der Waals surface area contributed by atoms with Crippen LogP contribution < -0.4 is 9.47 Å². The number of aromatic amines is 1. The molecule has 0 radical (unpaired) electrons. The predicted molar refractivity (Wildman–Crippen MR) is 107 cm³/mol. The fourth-order valence-electron chi connectivity index (χ4n) is 2.98. The molecule has 0 saturated heterocycles. The minimum absolute atomic E-state index is 0.141. The number of benzene rings is 1. The van der Waals surface area contributed by atoms with Crippen molar-refractivity contribution in [2.24, 2.45) is 0 Å². The van der Waals surface area contributed by atoms with Crippen LogP contribution in [0.5, 0.6) is 11.5 Å². The van der Waals surface area contributed by atoms with Crippen LogP contribution in [0, 0.1) is 5.95 Å². The molecule has 0 unspecified atom stereocenters. The van der Waals surface area contributed by atoms with Gasteiger partial charge in [0.1, 0.15) is 29.6 Å². The van der Waals surface area contributed by atoms with Crippen molar-refractivity contribution in [3.05, 3.63) is 78.3 Å². The van der Waals surface area contributed by atoms with E-state index in [1.54, 1.807) is 30.5 Å². The average molecular weight is 444 g/mol. The molecule has 10 heteroatoms. The average Bonchev–Trinajstić information content (AvgIpc) is 3.27. The number of halogens is 4. The number of H-pyrrole nitrogens is 1. The van der Waals surface area contributed by atoms with Gasteiger partial charge in [-0.15, -0.1) is 0 Å². The van der Waals surface area contributed by atoms with E-state index in [0.29, 0.717) is 34.1 Å². The number of hydrogen-bond acceptors (Lipinski definition) is 5. The van der Waals surface area contributed by atoms with Gasteiger partial charge in [-0.1, -0.05) is 6.07 Å². The molecule has 0 amide bonds. The molecule has 1 N–H and O–H groups in total. The fourth-order valence-corrected chi connectivity index (χ4v) is 2.98. The first-order valence-corrected chi connectivity index (χ1v) is 9.35. The highest BCUT2D eigenvalue weighted by atomic mass is 19.4. The smallest absolute Gasteiger partial charge is 0.433 e. The molecule has 0 saturated carbocycles. The number of rotatable bonds is 6. The first-order chi connectivity index (χ1) is 15.3. The van der Waals surface area contributed by atoms with Crippen molar-refractivity contribution in [3.63, 3.8) is 0 Å². The zero-order valence-corrected chi connectivity index (χ0v) is 16.7. The number of methoxy groups -OCH3 is 1. The molecular formula is C22H16F4N4O2. The Hall–Kier alpha value is -3.95. The Labute approximate surface area is 179 Å². The van der Waals surface area contributed by atoms with E-state index < -0.39 is 17.8 Å². The zero-order valence-electron chi connectivity index (χ0n) is 16.7. The largest absolute Gasteiger partial charge is 0.496 e. The van der Waals surface area contributed by atoms with Gasteiger partial charge in [0, 0.05) is 23.4 Å². The number of pyridine rings is 2. The van der Waals surface area contributed by atoms with Crippen molar-refractivity contribution in [1.82, 2.24) is 19.9 Å². The van der Waals surface area contributed by atoms with Gasteiger partial charge in [0.25, 0.3) is 0 Å². The van der Waals surface area contributed by atoms with E-state index >= 15 is 0 Å². The molecule has 32 heavy (non-hydrogen) atoms. The van der Waals surface area contributed by atoms with Crippen LogP contribution in [0.15, 0.2) is 60.9 Å². The molecule has 3 heterocycles. The molecule has 0 aliphatic heterocycles. The van der Waals surface area contributed by atoms with Crippen LogP contribution in [0.1, 0.15) is 11.4 Å². The molecule has 0 atom stereocenters. The molecule has 0 fully saturated rings. The maximum atomic E-state index is 13.0. The highest BCUT2D eigenvalue weighted by molar-refractivity contribution is 5.70. The lowest BCUT2D eigenvalue weighted by molar-refractivity contribution is -0.141. The van der Waals surface area contributed by atoms with Crippen LogP contribution >= 0.6 is 0 Å². The van der Waals surface area contributed by atoms with E-state index in [0.717, 1.165) is 6.07 Å². The Morgan fingerprint density at radius 3 is 2.56 bits per heavy atom. The lowest BCUT2D eigenvalue weighted by atomic mass is 10.1. The molecule has 4 aromatic rings. The predicted octanol–water partition coefficient (Wildman–Crippen LogP) is 5.28. The van der Waals surface area contributed by atoms with Crippen LogP contribution in [-0.2, 0) is 12.8 Å². The monoisotopic (exact) mass is 444 g/mol. The van der Waals surface area contributed by atoms with Gasteiger partial charge in [-0.25, -0.2) is 15.0 Å². The Kier molecular flexibility index (Phi) is 5.76. The number of alkyl halides is 3. The number of ether oxygens (including phenoxy) is 2. The molecule has 0 spiro atoms. The molecule has 0 bridgehead atoms. The molecule has 6 nitrogen and oxygen atoms in total. The molecule has 3 aromatic heterocycles. The van der Waals surface area contributed by atoms with Gasteiger partial charge in [-0.2, -0.15) is 17.6 Å². The molecule has 1 aromatic carbocycles. The highest BCUT2D eigenvalue weighted by Crippen LogP contribution is 2.34.